The molecule has 0 atom stereocenters. The van der Waals surface area contributed by atoms with Crippen LogP contribution in [-0.2, 0) is 16.1 Å². The van der Waals surface area contributed by atoms with Crippen LogP contribution in [0.4, 0.5) is 5.82 Å². The molecule has 0 spiro atoms. The number of anilines is 1. The van der Waals surface area contributed by atoms with E-state index >= 15 is 0 Å². The lowest BCUT2D eigenvalue weighted by molar-refractivity contribution is -0.141. The van der Waals surface area contributed by atoms with Gasteiger partial charge in [0, 0.05) is 6.42 Å². The van der Waals surface area contributed by atoms with E-state index in [9.17, 15) is 9.59 Å². The van der Waals surface area contributed by atoms with Gasteiger partial charge in [-0.25, -0.2) is 4.98 Å². The van der Waals surface area contributed by atoms with E-state index in [0.29, 0.717) is 16.5 Å². The van der Waals surface area contributed by atoms with Gasteiger partial charge in [0.25, 0.3) is 0 Å². The van der Waals surface area contributed by atoms with Crippen molar-refractivity contribution in [1.82, 2.24) is 9.88 Å². The summed E-state index contributed by atoms with van der Waals surface area (Å²) >= 11 is 5.97. The molecule has 2 N–H and O–H groups in total. The highest BCUT2D eigenvalue weighted by Gasteiger charge is 2.44. The quantitative estimate of drug-likeness (QED) is 0.826. The Kier molecular flexibility index (Phi) is 3.02. The first-order chi connectivity index (χ1) is 8.31. The zero-order valence-electron chi connectivity index (χ0n) is 10.2. The standard InChI is InChI=1S/C12H14ClN3O2/c1-12(2)5-10(17)16(11(12)18)6-8-7(13)3-4-9(14)15-8/h3-4H,5-6H2,1-2H3,(H2,14,15). The predicted molar refractivity (Wildman–Crippen MR) is 67.6 cm³/mol. The summed E-state index contributed by atoms with van der Waals surface area (Å²) in [6.07, 6.45) is 0.214. The summed E-state index contributed by atoms with van der Waals surface area (Å²) < 4.78 is 0. The number of hydrogen-bond acceptors (Lipinski definition) is 4. The van der Waals surface area contributed by atoms with Gasteiger partial charge in [0.15, 0.2) is 0 Å². The Labute approximate surface area is 110 Å². The van der Waals surface area contributed by atoms with Crippen molar-refractivity contribution in [2.24, 2.45) is 5.41 Å². The Morgan fingerprint density at radius 3 is 2.67 bits per heavy atom. The molecular weight excluding hydrogens is 254 g/mol. The lowest BCUT2D eigenvalue weighted by atomic mass is 9.92. The molecule has 1 aromatic heterocycles. The van der Waals surface area contributed by atoms with Crippen LogP contribution in [0.15, 0.2) is 12.1 Å². The van der Waals surface area contributed by atoms with Gasteiger partial charge in [0.05, 0.1) is 22.7 Å². The Morgan fingerprint density at radius 2 is 2.11 bits per heavy atom. The minimum absolute atomic E-state index is 0.0744. The molecule has 6 heteroatoms. The summed E-state index contributed by atoms with van der Waals surface area (Å²) in [4.78, 5) is 29.1. The number of imide groups is 1. The van der Waals surface area contributed by atoms with E-state index in [1.54, 1.807) is 26.0 Å². The summed E-state index contributed by atoms with van der Waals surface area (Å²) in [5.41, 5.74) is 5.36. The third kappa shape index (κ3) is 2.18. The molecule has 2 rings (SSSR count). The number of nitrogen functional groups attached to an aromatic ring is 1. The van der Waals surface area contributed by atoms with Gasteiger partial charge in [-0.1, -0.05) is 25.4 Å². The first-order valence-electron chi connectivity index (χ1n) is 5.57. The lowest BCUT2D eigenvalue weighted by Gasteiger charge is -2.17. The smallest absolute Gasteiger partial charge is 0.235 e. The lowest BCUT2D eigenvalue weighted by Crippen LogP contribution is -2.33. The maximum atomic E-state index is 12.0. The molecule has 0 unspecified atom stereocenters. The van der Waals surface area contributed by atoms with Crippen molar-refractivity contribution in [3.05, 3.63) is 22.8 Å². The topological polar surface area (TPSA) is 76.3 Å². The highest BCUT2D eigenvalue weighted by Crippen LogP contribution is 2.33. The zero-order chi connectivity index (χ0) is 13.5. The van der Waals surface area contributed by atoms with E-state index in [-0.39, 0.29) is 24.8 Å². The third-order valence-electron chi connectivity index (χ3n) is 2.97. The number of carbonyl (C=O) groups excluding carboxylic acids is 2. The number of pyridine rings is 1. The maximum Gasteiger partial charge on any atom is 0.235 e. The predicted octanol–water partition coefficient (Wildman–Crippen LogP) is 1.60. The van der Waals surface area contributed by atoms with Gasteiger partial charge in [-0.2, -0.15) is 0 Å². The van der Waals surface area contributed by atoms with Crippen LogP contribution in [0, 0.1) is 5.41 Å². The number of aromatic nitrogens is 1. The Hall–Kier alpha value is -1.62. The van der Waals surface area contributed by atoms with Gasteiger partial charge in [0.1, 0.15) is 5.82 Å². The highest BCUT2D eigenvalue weighted by atomic mass is 35.5. The van der Waals surface area contributed by atoms with Crippen LogP contribution in [0.2, 0.25) is 5.02 Å². The molecule has 1 aromatic rings. The average Bonchev–Trinajstić information content (AvgIpc) is 2.46. The minimum atomic E-state index is -0.649. The van der Waals surface area contributed by atoms with E-state index in [1.165, 1.54) is 4.90 Å². The number of amides is 2. The number of likely N-dealkylation sites (tertiary alicyclic amines) is 1. The largest absolute Gasteiger partial charge is 0.384 e. The number of nitrogens with zero attached hydrogens (tertiary/aromatic N) is 2. The summed E-state index contributed by atoms with van der Waals surface area (Å²) in [6, 6.07) is 3.18. The summed E-state index contributed by atoms with van der Waals surface area (Å²) in [7, 11) is 0. The summed E-state index contributed by atoms with van der Waals surface area (Å²) in [5, 5.41) is 0.398. The molecule has 0 bridgehead atoms. The molecule has 1 aliphatic heterocycles. The molecule has 96 valence electrons. The Balaban J connectivity index is 2.27. The van der Waals surface area contributed by atoms with Gasteiger partial charge < -0.3 is 5.73 Å². The molecule has 1 saturated heterocycles. The van der Waals surface area contributed by atoms with Crippen molar-refractivity contribution < 1.29 is 9.59 Å². The van der Waals surface area contributed by atoms with Crippen LogP contribution >= 0.6 is 11.6 Å². The van der Waals surface area contributed by atoms with Gasteiger partial charge >= 0.3 is 0 Å². The van der Waals surface area contributed by atoms with E-state index in [1.807, 2.05) is 0 Å². The first-order valence-corrected chi connectivity index (χ1v) is 5.95. The van der Waals surface area contributed by atoms with Crippen LogP contribution in [0.5, 0.6) is 0 Å². The molecule has 0 radical (unpaired) electrons. The molecule has 18 heavy (non-hydrogen) atoms. The van der Waals surface area contributed by atoms with Gasteiger partial charge in [-0.3, -0.25) is 14.5 Å². The SMILES string of the molecule is CC1(C)CC(=O)N(Cc2nc(N)ccc2Cl)C1=O. The second-order valence-electron chi connectivity index (χ2n) is 5.01. The fourth-order valence-corrected chi connectivity index (χ4v) is 2.11. The van der Waals surface area contributed by atoms with Crippen LogP contribution in [-0.4, -0.2) is 21.7 Å². The summed E-state index contributed by atoms with van der Waals surface area (Å²) in [5.74, 6) is -0.0918. The first kappa shape index (κ1) is 12.8. The van der Waals surface area contributed by atoms with Crippen molar-refractivity contribution in [2.75, 3.05) is 5.73 Å². The van der Waals surface area contributed by atoms with Crippen LogP contribution in [0.1, 0.15) is 26.0 Å². The van der Waals surface area contributed by atoms with Gasteiger partial charge in [-0.05, 0) is 12.1 Å². The minimum Gasteiger partial charge on any atom is -0.384 e. The number of halogens is 1. The van der Waals surface area contributed by atoms with Crippen LogP contribution in [0.3, 0.4) is 0 Å². The van der Waals surface area contributed by atoms with E-state index in [0.717, 1.165) is 0 Å². The van der Waals surface area contributed by atoms with E-state index in [4.69, 9.17) is 17.3 Å². The number of carbonyl (C=O) groups is 2. The van der Waals surface area contributed by atoms with E-state index in [2.05, 4.69) is 4.98 Å². The molecular formula is C12H14ClN3O2. The summed E-state index contributed by atoms with van der Waals surface area (Å²) in [6.45, 7) is 3.58. The van der Waals surface area contributed by atoms with Crippen molar-refractivity contribution in [1.29, 1.82) is 0 Å². The maximum absolute atomic E-state index is 12.0. The van der Waals surface area contributed by atoms with Crippen molar-refractivity contribution >= 4 is 29.2 Å². The monoisotopic (exact) mass is 267 g/mol. The second kappa shape index (κ2) is 4.24. The number of rotatable bonds is 2. The molecule has 0 saturated carbocycles. The molecule has 1 fully saturated rings. The average molecular weight is 268 g/mol. The molecule has 2 heterocycles. The van der Waals surface area contributed by atoms with Crippen LogP contribution in [0.25, 0.3) is 0 Å². The normalized spacial score (nSPS) is 18.5. The fraction of sp³-hybridized carbons (Fsp3) is 0.417. The molecule has 0 aromatic carbocycles. The van der Waals surface area contributed by atoms with Crippen molar-refractivity contribution in [3.63, 3.8) is 0 Å². The molecule has 2 amide bonds. The number of nitrogens with two attached hydrogens (primary N) is 1. The van der Waals surface area contributed by atoms with Crippen molar-refractivity contribution in [3.8, 4) is 0 Å². The highest BCUT2D eigenvalue weighted by molar-refractivity contribution is 6.31. The van der Waals surface area contributed by atoms with Gasteiger partial charge in [0.2, 0.25) is 11.8 Å². The zero-order valence-corrected chi connectivity index (χ0v) is 11.0. The Bertz CT molecular complexity index is 528. The molecule has 5 nitrogen and oxygen atoms in total. The second-order valence-corrected chi connectivity index (χ2v) is 5.42. The number of hydrogen-bond donors (Lipinski definition) is 1. The fourth-order valence-electron chi connectivity index (χ4n) is 1.95. The molecule has 0 aliphatic carbocycles. The third-order valence-corrected chi connectivity index (χ3v) is 3.31. The van der Waals surface area contributed by atoms with Gasteiger partial charge in [-0.15, -0.1) is 0 Å². The van der Waals surface area contributed by atoms with Crippen molar-refractivity contribution in [2.45, 2.75) is 26.8 Å². The van der Waals surface area contributed by atoms with Crippen LogP contribution < -0.4 is 5.73 Å². The molecule has 1 aliphatic rings. The Morgan fingerprint density at radius 1 is 1.44 bits per heavy atom. The van der Waals surface area contributed by atoms with E-state index < -0.39 is 5.41 Å².